The van der Waals surface area contributed by atoms with Gasteiger partial charge in [-0.15, -0.1) is 0 Å². The molecule has 0 radical (unpaired) electrons. The summed E-state index contributed by atoms with van der Waals surface area (Å²) in [4.78, 5) is 4.05. The zero-order valence-electron chi connectivity index (χ0n) is 12.0. The van der Waals surface area contributed by atoms with Crippen LogP contribution in [0.3, 0.4) is 0 Å². The molecule has 1 heterocycles. The first kappa shape index (κ1) is 13.9. The summed E-state index contributed by atoms with van der Waals surface area (Å²) >= 11 is 0. The van der Waals surface area contributed by atoms with Crippen molar-refractivity contribution in [2.75, 3.05) is 12.8 Å². The molecule has 2 rings (SSSR count). The molecule has 0 aliphatic carbocycles. The number of aromatic hydroxyl groups is 1. The second-order valence-corrected chi connectivity index (χ2v) is 4.62. The Balaban J connectivity index is 2.44. The largest absolute Gasteiger partial charge is 0.504 e. The van der Waals surface area contributed by atoms with Crippen molar-refractivity contribution in [3.05, 3.63) is 34.6 Å². The zero-order chi connectivity index (χ0) is 14.9. The van der Waals surface area contributed by atoms with Crippen molar-refractivity contribution in [3.8, 4) is 11.5 Å². The van der Waals surface area contributed by atoms with E-state index in [1.165, 1.54) is 18.0 Å². The molecule has 0 fully saturated rings. The Morgan fingerprint density at radius 2 is 2.10 bits per heavy atom. The summed E-state index contributed by atoms with van der Waals surface area (Å²) in [5.74, 6) is 0.824. The number of benzene rings is 1. The maximum Gasteiger partial charge on any atom is 0.221 e. The van der Waals surface area contributed by atoms with Gasteiger partial charge in [-0.25, -0.2) is 9.66 Å². The van der Waals surface area contributed by atoms with Gasteiger partial charge >= 0.3 is 0 Å². The number of aromatic nitrogens is 2. The number of anilines is 1. The van der Waals surface area contributed by atoms with Crippen LogP contribution < -0.4 is 10.5 Å². The molecule has 1 aromatic heterocycles. The number of rotatable bonds is 3. The van der Waals surface area contributed by atoms with Crippen LogP contribution in [0.1, 0.15) is 22.4 Å². The molecule has 0 amide bonds. The number of nitrogens with two attached hydrogens (primary N) is 1. The van der Waals surface area contributed by atoms with E-state index in [9.17, 15) is 5.11 Å². The minimum Gasteiger partial charge on any atom is -0.504 e. The predicted molar refractivity (Wildman–Crippen MR) is 78.5 cm³/mol. The SMILES string of the molecule is COc1c(C)c(C)cc(C=Nn2cc(C)nc2N)c1O. The van der Waals surface area contributed by atoms with Crippen LogP contribution in [0.2, 0.25) is 0 Å². The van der Waals surface area contributed by atoms with Crippen LogP contribution in [-0.2, 0) is 0 Å². The molecule has 0 bridgehead atoms. The smallest absolute Gasteiger partial charge is 0.221 e. The first-order chi connectivity index (χ1) is 9.43. The summed E-state index contributed by atoms with van der Waals surface area (Å²) < 4.78 is 6.68. The van der Waals surface area contributed by atoms with Gasteiger partial charge in [0.15, 0.2) is 11.5 Å². The maximum absolute atomic E-state index is 10.2. The Labute approximate surface area is 117 Å². The van der Waals surface area contributed by atoms with Crippen LogP contribution >= 0.6 is 0 Å². The highest BCUT2D eigenvalue weighted by Gasteiger charge is 2.12. The van der Waals surface area contributed by atoms with E-state index in [2.05, 4.69) is 10.1 Å². The van der Waals surface area contributed by atoms with Crippen molar-refractivity contribution < 1.29 is 9.84 Å². The van der Waals surface area contributed by atoms with Gasteiger partial charge in [0.25, 0.3) is 0 Å². The lowest BCUT2D eigenvalue weighted by molar-refractivity contribution is 0.370. The Morgan fingerprint density at radius 3 is 2.65 bits per heavy atom. The fraction of sp³-hybridized carbons (Fsp3) is 0.286. The molecule has 0 atom stereocenters. The molecule has 106 valence electrons. The van der Waals surface area contributed by atoms with E-state index >= 15 is 0 Å². The first-order valence-corrected chi connectivity index (χ1v) is 6.17. The van der Waals surface area contributed by atoms with E-state index in [1.807, 2.05) is 26.8 Å². The molecule has 0 aliphatic rings. The number of nitrogen functional groups attached to an aromatic ring is 1. The maximum atomic E-state index is 10.2. The molecule has 1 aromatic carbocycles. The van der Waals surface area contributed by atoms with E-state index < -0.39 is 0 Å². The number of aryl methyl sites for hydroxylation is 2. The molecule has 0 unspecified atom stereocenters. The van der Waals surface area contributed by atoms with Crippen molar-refractivity contribution >= 4 is 12.2 Å². The average Bonchev–Trinajstić information content (AvgIpc) is 2.71. The molecule has 0 spiro atoms. The summed E-state index contributed by atoms with van der Waals surface area (Å²) in [6.45, 7) is 5.68. The van der Waals surface area contributed by atoms with E-state index in [0.717, 1.165) is 16.8 Å². The highest BCUT2D eigenvalue weighted by Crippen LogP contribution is 2.34. The fourth-order valence-corrected chi connectivity index (χ4v) is 1.97. The Morgan fingerprint density at radius 1 is 1.40 bits per heavy atom. The molecule has 0 saturated carbocycles. The molecular weight excluding hydrogens is 256 g/mol. The summed E-state index contributed by atoms with van der Waals surface area (Å²) in [7, 11) is 1.53. The molecule has 6 heteroatoms. The minimum absolute atomic E-state index is 0.0646. The van der Waals surface area contributed by atoms with Crippen LogP contribution in [0.15, 0.2) is 17.4 Å². The number of methoxy groups -OCH3 is 1. The lowest BCUT2D eigenvalue weighted by Gasteiger charge is -2.12. The van der Waals surface area contributed by atoms with Gasteiger partial charge in [-0.2, -0.15) is 5.10 Å². The van der Waals surface area contributed by atoms with Gasteiger partial charge in [0.2, 0.25) is 5.95 Å². The van der Waals surface area contributed by atoms with E-state index in [0.29, 0.717) is 17.3 Å². The topological polar surface area (TPSA) is 85.7 Å². The van der Waals surface area contributed by atoms with Crippen molar-refractivity contribution in [2.24, 2.45) is 5.10 Å². The van der Waals surface area contributed by atoms with Gasteiger partial charge in [0, 0.05) is 5.56 Å². The zero-order valence-corrected chi connectivity index (χ0v) is 12.0. The Kier molecular flexibility index (Phi) is 3.65. The van der Waals surface area contributed by atoms with Crippen LogP contribution in [0.5, 0.6) is 11.5 Å². The molecule has 20 heavy (non-hydrogen) atoms. The lowest BCUT2D eigenvalue weighted by atomic mass is 10.0. The monoisotopic (exact) mass is 274 g/mol. The second-order valence-electron chi connectivity index (χ2n) is 4.62. The summed E-state index contributed by atoms with van der Waals surface area (Å²) in [6.07, 6.45) is 3.24. The first-order valence-electron chi connectivity index (χ1n) is 6.17. The quantitative estimate of drug-likeness (QED) is 0.838. The normalized spacial score (nSPS) is 11.2. The number of phenols is 1. The molecule has 0 aliphatic heterocycles. The van der Waals surface area contributed by atoms with Crippen molar-refractivity contribution in [2.45, 2.75) is 20.8 Å². The van der Waals surface area contributed by atoms with Crippen LogP contribution in [0.25, 0.3) is 0 Å². The standard InChI is InChI=1S/C14H18N4O2/c1-8-5-11(12(19)13(20-4)10(8)3)6-16-18-7-9(2)17-14(18)15/h5-7,19H,1-4H3,(H2,15,17). The van der Waals surface area contributed by atoms with Crippen LogP contribution in [-0.4, -0.2) is 28.1 Å². The summed E-state index contributed by atoms with van der Waals surface area (Å²) in [5.41, 5.74) is 8.96. The molecule has 0 saturated heterocycles. The third-order valence-corrected chi connectivity index (χ3v) is 3.15. The molecular formula is C14H18N4O2. The number of ether oxygens (including phenoxy) is 1. The Bertz CT molecular complexity index is 674. The van der Waals surface area contributed by atoms with E-state index in [-0.39, 0.29) is 5.75 Å². The predicted octanol–water partition coefficient (Wildman–Crippen LogP) is 1.99. The van der Waals surface area contributed by atoms with Crippen molar-refractivity contribution in [1.82, 2.24) is 9.66 Å². The number of phenolic OH excluding ortho intramolecular Hbond substituents is 1. The van der Waals surface area contributed by atoms with E-state index in [4.69, 9.17) is 10.5 Å². The lowest BCUT2D eigenvalue weighted by Crippen LogP contribution is -1.99. The number of hydrogen-bond donors (Lipinski definition) is 2. The summed E-state index contributed by atoms with van der Waals surface area (Å²) in [6, 6.07) is 1.84. The third kappa shape index (κ3) is 2.45. The van der Waals surface area contributed by atoms with Gasteiger partial charge in [-0.1, -0.05) is 0 Å². The summed E-state index contributed by atoms with van der Waals surface area (Å²) in [5, 5.41) is 14.4. The third-order valence-electron chi connectivity index (χ3n) is 3.15. The van der Waals surface area contributed by atoms with Crippen molar-refractivity contribution in [1.29, 1.82) is 0 Å². The molecule has 6 nitrogen and oxygen atoms in total. The molecule has 3 N–H and O–H groups in total. The fourth-order valence-electron chi connectivity index (χ4n) is 1.97. The number of hydrogen-bond acceptors (Lipinski definition) is 5. The van der Waals surface area contributed by atoms with Crippen LogP contribution in [0, 0.1) is 20.8 Å². The van der Waals surface area contributed by atoms with E-state index in [1.54, 1.807) is 6.20 Å². The van der Waals surface area contributed by atoms with Gasteiger partial charge in [0.1, 0.15) is 0 Å². The number of imidazole rings is 1. The van der Waals surface area contributed by atoms with Gasteiger partial charge in [0.05, 0.1) is 25.2 Å². The van der Waals surface area contributed by atoms with Gasteiger partial charge in [-0.3, -0.25) is 0 Å². The van der Waals surface area contributed by atoms with Gasteiger partial charge < -0.3 is 15.6 Å². The highest BCUT2D eigenvalue weighted by atomic mass is 16.5. The Hall–Kier alpha value is -2.50. The average molecular weight is 274 g/mol. The van der Waals surface area contributed by atoms with Crippen LogP contribution in [0.4, 0.5) is 5.95 Å². The second kappa shape index (κ2) is 5.24. The minimum atomic E-state index is 0.0646. The highest BCUT2D eigenvalue weighted by molar-refractivity contribution is 5.86. The van der Waals surface area contributed by atoms with Gasteiger partial charge in [-0.05, 0) is 38.0 Å². The number of nitrogens with zero attached hydrogens (tertiary/aromatic N) is 3. The van der Waals surface area contributed by atoms with Crippen molar-refractivity contribution in [3.63, 3.8) is 0 Å². The molecule has 2 aromatic rings.